The number of nitrogens with one attached hydrogen (secondary N) is 1. The maximum Gasteiger partial charge on any atom is 0.254 e. The van der Waals surface area contributed by atoms with Gasteiger partial charge in [0.05, 0.1) is 23.1 Å². The number of unbranched alkanes of at least 4 members (excludes halogenated alkanes) is 1. The molecule has 0 saturated heterocycles. The zero-order valence-electron chi connectivity index (χ0n) is 12.4. The van der Waals surface area contributed by atoms with Crippen molar-refractivity contribution in [1.29, 1.82) is 0 Å². The number of aromatic nitrogens is 2. The molecular formula is C16H20ClN3O. The van der Waals surface area contributed by atoms with E-state index < -0.39 is 0 Å². The van der Waals surface area contributed by atoms with Gasteiger partial charge in [0.15, 0.2) is 0 Å². The second-order valence-corrected chi connectivity index (χ2v) is 5.30. The van der Waals surface area contributed by atoms with Gasteiger partial charge in [-0.05, 0) is 31.0 Å². The van der Waals surface area contributed by atoms with E-state index in [1.54, 1.807) is 10.9 Å². The molecule has 4 nitrogen and oxygen atoms in total. The van der Waals surface area contributed by atoms with Crippen molar-refractivity contribution in [3.63, 3.8) is 0 Å². The Bertz CT molecular complexity index is 622. The first-order valence-electron chi connectivity index (χ1n) is 7.28. The van der Waals surface area contributed by atoms with Gasteiger partial charge in [-0.15, -0.1) is 0 Å². The molecule has 5 heteroatoms. The van der Waals surface area contributed by atoms with Crippen LogP contribution < -0.4 is 5.32 Å². The van der Waals surface area contributed by atoms with E-state index in [-0.39, 0.29) is 5.91 Å². The van der Waals surface area contributed by atoms with E-state index in [0.29, 0.717) is 17.1 Å². The summed E-state index contributed by atoms with van der Waals surface area (Å²) in [5.41, 5.74) is 2.40. The molecule has 0 unspecified atom stereocenters. The standard InChI is InChI=1S/C16H20ClN3O/c1-3-5-9-18-16(21)14-11-19-20(15(14)4-2)13-8-6-7-12(17)10-13/h6-8,10-11H,3-5,9H2,1-2H3,(H,18,21). The summed E-state index contributed by atoms with van der Waals surface area (Å²) in [5, 5.41) is 7.93. The Balaban J connectivity index is 2.28. The van der Waals surface area contributed by atoms with Crippen LogP contribution >= 0.6 is 11.6 Å². The zero-order chi connectivity index (χ0) is 15.2. The maximum atomic E-state index is 12.2. The molecule has 0 fully saturated rings. The average molecular weight is 306 g/mol. The van der Waals surface area contributed by atoms with Crippen LogP contribution in [0.2, 0.25) is 5.02 Å². The van der Waals surface area contributed by atoms with Gasteiger partial charge in [0.1, 0.15) is 0 Å². The fraction of sp³-hybridized carbons (Fsp3) is 0.375. The first kappa shape index (κ1) is 15.6. The number of rotatable bonds is 6. The number of hydrogen-bond donors (Lipinski definition) is 1. The van der Waals surface area contributed by atoms with Crippen LogP contribution in [0.4, 0.5) is 0 Å². The van der Waals surface area contributed by atoms with Crippen LogP contribution in [0.15, 0.2) is 30.5 Å². The average Bonchev–Trinajstić information content (AvgIpc) is 2.91. The molecule has 0 saturated carbocycles. The molecule has 1 amide bonds. The van der Waals surface area contributed by atoms with Gasteiger partial charge in [-0.1, -0.05) is 37.9 Å². The van der Waals surface area contributed by atoms with Crippen molar-refractivity contribution >= 4 is 17.5 Å². The number of halogens is 1. The van der Waals surface area contributed by atoms with Crippen molar-refractivity contribution in [3.8, 4) is 5.69 Å². The van der Waals surface area contributed by atoms with Crippen LogP contribution in [0, 0.1) is 0 Å². The molecule has 0 aliphatic rings. The largest absolute Gasteiger partial charge is 0.352 e. The highest BCUT2D eigenvalue weighted by atomic mass is 35.5. The molecule has 1 aromatic heterocycles. The molecule has 21 heavy (non-hydrogen) atoms. The Morgan fingerprint density at radius 2 is 2.19 bits per heavy atom. The lowest BCUT2D eigenvalue weighted by Crippen LogP contribution is -2.25. The van der Waals surface area contributed by atoms with Gasteiger partial charge < -0.3 is 5.32 Å². The fourth-order valence-corrected chi connectivity index (χ4v) is 2.39. The van der Waals surface area contributed by atoms with E-state index in [1.165, 1.54) is 0 Å². The number of amides is 1. The minimum absolute atomic E-state index is 0.0615. The molecular weight excluding hydrogens is 286 g/mol. The minimum atomic E-state index is -0.0615. The van der Waals surface area contributed by atoms with Gasteiger partial charge in [-0.25, -0.2) is 4.68 Å². The third kappa shape index (κ3) is 3.64. The molecule has 0 atom stereocenters. The second kappa shape index (κ2) is 7.27. The highest BCUT2D eigenvalue weighted by Crippen LogP contribution is 2.19. The van der Waals surface area contributed by atoms with Crippen LogP contribution in [-0.4, -0.2) is 22.2 Å². The van der Waals surface area contributed by atoms with Crippen LogP contribution in [0.5, 0.6) is 0 Å². The van der Waals surface area contributed by atoms with Gasteiger partial charge in [-0.3, -0.25) is 4.79 Å². The molecule has 1 N–H and O–H groups in total. The van der Waals surface area contributed by atoms with Crippen LogP contribution in [-0.2, 0) is 6.42 Å². The first-order chi connectivity index (χ1) is 10.2. The summed E-state index contributed by atoms with van der Waals surface area (Å²) < 4.78 is 1.78. The van der Waals surface area contributed by atoms with E-state index in [9.17, 15) is 4.79 Å². The molecule has 2 aromatic rings. The highest BCUT2D eigenvalue weighted by Gasteiger charge is 2.16. The van der Waals surface area contributed by atoms with Crippen molar-refractivity contribution < 1.29 is 4.79 Å². The highest BCUT2D eigenvalue weighted by molar-refractivity contribution is 6.30. The van der Waals surface area contributed by atoms with E-state index in [4.69, 9.17) is 11.6 Å². The van der Waals surface area contributed by atoms with Gasteiger partial charge in [0, 0.05) is 11.6 Å². The van der Waals surface area contributed by atoms with Crippen LogP contribution in [0.25, 0.3) is 5.69 Å². The predicted octanol–water partition coefficient (Wildman–Crippen LogP) is 3.62. The molecule has 0 radical (unpaired) electrons. The molecule has 0 aliphatic carbocycles. The molecule has 0 spiro atoms. The molecule has 2 rings (SSSR count). The SMILES string of the molecule is CCCCNC(=O)c1cnn(-c2cccc(Cl)c2)c1CC. The molecule has 0 bridgehead atoms. The number of carbonyl (C=O) groups is 1. The van der Waals surface area contributed by atoms with E-state index in [1.807, 2.05) is 31.2 Å². The monoisotopic (exact) mass is 305 g/mol. The van der Waals surface area contributed by atoms with Crippen LogP contribution in [0.3, 0.4) is 0 Å². The number of carbonyl (C=O) groups excluding carboxylic acids is 1. The second-order valence-electron chi connectivity index (χ2n) is 4.86. The molecule has 1 heterocycles. The summed E-state index contributed by atoms with van der Waals surface area (Å²) in [4.78, 5) is 12.2. The van der Waals surface area contributed by atoms with E-state index in [0.717, 1.165) is 30.6 Å². The Kier molecular flexibility index (Phi) is 5.39. The van der Waals surface area contributed by atoms with Crippen molar-refractivity contribution in [1.82, 2.24) is 15.1 Å². The summed E-state index contributed by atoms with van der Waals surface area (Å²) in [5.74, 6) is -0.0615. The van der Waals surface area contributed by atoms with Crippen molar-refractivity contribution in [2.45, 2.75) is 33.1 Å². The number of benzene rings is 1. The van der Waals surface area contributed by atoms with Crippen molar-refractivity contribution in [2.75, 3.05) is 6.54 Å². The lowest BCUT2D eigenvalue weighted by molar-refractivity contribution is 0.0952. The Morgan fingerprint density at radius 1 is 1.38 bits per heavy atom. The first-order valence-corrected chi connectivity index (χ1v) is 7.66. The fourth-order valence-electron chi connectivity index (χ4n) is 2.21. The Labute approximate surface area is 130 Å². The van der Waals surface area contributed by atoms with Gasteiger partial charge in [-0.2, -0.15) is 5.10 Å². The van der Waals surface area contributed by atoms with Crippen molar-refractivity contribution in [2.24, 2.45) is 0 Å². The molecule has 1 aromatic carbocycles. The van der Waals surface area contributed by atoms with Gasteiger partial charge >= 0.3 is 0 Å². The predicted molar refractivity (Wildman–Crippen MR) is 85.2 cm³/mol. The minimum Gasteiger partial charge on any atom is -0.352 e. The quantitative estimate of drug-likeness (QED) is 0.829. The third-order valence-electron chi connectivity index (χ3n) is 3.32. The summed E-state index contributed by atoms with van der Waals surface area (Å²) in [6, 6.07) is 7.46. The lowest BCUT2D eigenvalue weighted by Gasteiger charge is -2.08. The van der Waals surface area contributed by atoms with E-state index >= 15 is 0 Å². The molecule has 112 valence electrons. The number of nitrogens with zero attached hydrogens (tertiary/aromatic N) is 2. The maximum absolute atomic E-state index is 12.2. The Morgan fingerprint density at radius 3 is 2.86 bits per heavy atom. The summed E-state index contributed by atoms with van der Waals surface area (Å²) in [6.07, 6.45) is 4.39. The summed E-state index contributed by atoms with van der Waals surface area (Å²) in [7, 11) is 0. The number of hydrogen-bond acceptors (Lipinski definition) is 2. The third-order valence-corrected chi connectivity index (χ3v) is 3.55. The lowest BCUT2D eigenvalue weighted by atomic mass is 10.2. The Hall–Kier alpha value is -1.81. The van der Waals surface area contributed by atoms with Gasteiger partial charge in [0.2, 0.25) is 0 Å². The summed E-state index contributed by atoms with van der Waals surface area (Å²) in [6.45, 7) is 4.81. The van der Waals surface area contributed by atoms with Gasteiger partial charge in [0.25, 0.3) is 5.91 Å². The normalized spacial score (nSPS) is 10.6. The molecule has 0 aliphatic heterocycles. The topological polar surface area (TPSA) is 46.9 Å². The smallest absolute Gasteiger partial charge is 0.254 e. The zero-order valence-corrected chi connectivity index (χ0v) is 13.2. The summed E-state index contributed by atoms with van der Waals surface area (Å²) >= 11 is 6.02. The van der Waals surface area contributed by atoms with Crippen molar-refractivity contribution in [3.05, 3.63) is 46.7 Å². The van der Waals surface area contributed by atoms with E-state index in [2.05, 4.69) is 17.3 Å². The van der Waals surface area contributed by atoms with Crippen LogP contribution in [0.1, 0.15) is 42.7 Å².